The van der Waals surface area contributed by atoms with Crippen LogP contribution in [0.1, 0.15) is 97.8 Å². The van der Waals surface area contributed by atoms with Crippen molar-refractivity contribution >= 4 is 18.4 Å². The number of nitrogens with zero attached hydrogens (tertiary/aromatic N) is 1. The molecule has 0 saturated heterocycles. The second kappa shape index (κ2) is 20.0. The molecule has 0 radical (unpaired) electrons. The number of carboxylic acid groups (broad SMARTS) is 1. The standard InChI is InChI=1S/C20H42N2O2.ClH/c1-4-6-8-10-12-14-16-22(19(3)21-18-20(23)24)17-15-13-11-9-7-5-2;/h19,21H,4-18H2,1-3H3,(H,23,24);1H. The highest BCUT2D eigenvalue weighted by Crippen LogP contribution is 2.10. The molecule has 5 heteroatoms. The molecule has 0 fully saturated rings. The van der Waals surface area contributed by atoms with Crippen molar-refractivity contribution in [2.75, 3.05) is 19.6 Å². The molecule has 1 unspecified atom stereocenters. The molecule has 0 aromatic heterocycles. The van der Waals surface area contributed by atoms with E-state index >= 15 is 0 Å². The molecule has 0 bridgehead atoms. The van der Waals surface area contributed by atoms with Crippen molar-refractivity contribution in [1.82, 2.24) is 10.2 Å². The van der Waals surface area contributed by atoms with Crippen molar-refractivity contribution in [2.45, 2.75) is 104 Å². The molecule has 25 heavy (non-hydrogen) atoms. The van der Waals surface area contributed by atoms with Gasteiger partial charge in [-0.2, -0.15) is 0 Å². The Morgan fingerprint density at radius 2 is 1.24 bits per heavy atom. The Morgan fingerprint density at radius 3 is 1.64 bits per heavy atom. The van der Waals surface area contributed by atoms with Gasteiger partial charge in [0, 0.05) is 0 Å². The smallest absolute Gasteiger partial charge is 0.317 e. The van der Waals surface area contributed by atoms with Crippen LogP contribution in [-0.4, -0.2) is 41.8 Å². The molecule has 0 heterocycles. The number of hydrogen-bond acceptors (Lipinski definition) is 3. The largest absolute Gasteiger partial charge is 0.480 e. The maximum absolute atomic E-state index is 10.8. The lowest BCUT2D eigenvalue weighted by Gasteiger charge is -2.29. The zero-order chi connectivity index (χ0) is 18.0. The number of hydrogen-bond donors (Lipinski definition) is 2. The van der Waals surface area contributed by atoms with Crippen molar-refractivity contribution in [3.05, 3.63) is 0 Å². The van der Waals surface area contributed by atoms with Gasteiger partial charge < -0.3 is 5.11 Å². The first-order chi connectivity index (χ1) is 11.6. The van der Waals surface area contributed by atoms with Crippen LogP contribution in [0.2, 0.25) is 0 Å². The molecule has 152 valence electrons. The number of nitrogens with one attached hydrogen (secondary N) is 1. The first-order valence-electron chi connectivity index (χ1n) is 10.3. The Kier molecular flexibility index (Phi) is 21.5. The summed E-state index contributed by atoms with van der Waals surface area (Å²) in [6.07, 6.45) is 15.8. The minimum Gasteiger partial charge on any atom is -0.480 e. The van der Waals surface area contributed by atoms with Gasteiger partial charge >= 0.3 is 5.97 Å². The Morgan fingerprint density at radius 1 is 0.840 bits per heavy atom. The molecule has 0 amide bonds. The Bertz CT molecular complexity index is 275. The zero-order valence-corrected chi connectivity index (χ0v) is 17.7. The van der Waals surface area contributed by atoms with E-state index in [1.807, 2.05) is 0 Å². The SMILES string of the molecule is CCCCCCCCN(CCCCCCCC)C(C)NCC(=O)O.Cl. The molecule has 2 N–H and O–H groups in total. The molecule has 0 aromatic rings. The fourth-order valence-corrected chi connectivity index (χ4v) is 3.05. The summed E-state index contributed by atoms with van der Waals surface area (Å²) in [5, 5.41) is 12.0. The quantitative estimate of drug-likeness (QED) is 0.246. The van der Waals surface area contributed by atoms with E-state index in [1.165, 1.54) is 77.0 Å². The Hall–Kier alpha value is -0.320. The van der Waals surface area contributed by atoms with E-state index in [1.54, 1.807) is 0 Å². The molecular weight excluding hydrogens is 336 g/mol. The summed E-state index contributed by atoms with van der Waals surface area (Å²) in [5.74, 6) is -0.777. The number of rotatable bonds is 18. The fourth-order valence-electron chi connectivity index (χ4n) is 3.05. The van der Waals surface area contributed by atoms with Crippen LogP contribution in [-0.2, 0) is 4.79 Å². The van der Waals surface area contributed by atoms with Gasteiger partial charge in [0.15, 0.2) is 0 Å². The third-order valence-electron chi connectivity index (χ3n) is 4.69. The van der Waals surface area contributed by atoms with Crippen molar-refractivity contribution in [1.29, 1.82) is 0 Å². The summed E-state index contributed by atoms with van der Waals surface area (Å²) in [4.78, 5) is 13.2. The highest BCUT2D eigenvalue weighted by molar-refractivity contribution is 5.85. The van der Waals surface area contributed by atoms with Gasteiger partial charge in [0.2, 0.25) is 0 Å². The van der Waals surface area contributed by atoms with Crippen molar-refractivity contribution in [3.8, 4) is 0 Å². The van der Waals surface area contributed by atoms with Crippen molar-refractivity contribution in [3.63, 3.8) is 0 Å². The third-order valence-corrected chi connectivity index (χ3v) is 4.69. The van der Waals surface area contributed by atoms with Gasteiger partial charge in [0.05, 0.1) is 12.7 Å². The number of unbranched alkanes of at least 4 members (excludes halogenated alkanes) is 10. The van der Waals surface area contributed by atoms with Gasteiger partial charge in [0.25, 0.3) is 0 Å². The molecule has 0 aliphatic carbocycles. The highest BCUT2D eigenvalue weighted by atomic mass is 35.5. The zero-order valence-electron chi connectivity index (χ0n) is 16.9. The normalized spacial score (nSPS) is 12.2. The molecule has 1 atom stereocenters. The van der Waals surface area contributed by atoms with Gasteiger partial charge in [-0.05, 0) is 32.9 Å². The van der Waals surface area contributed by atoms with Crippen LogP contribution in [0.25, 0.3) is 0 Å². The molecule has 0 aliphatic heterocycles. The lowest BCUT2D eigenvalue weighted by Crippen LogP contribution is -2.46. The lowest BCUT2D eigenvalue weighted by atomic mass is 10.1. The van der Waals surface area contributed by atoms with Crippen LogP contribution in [0.4, 0.5) is 0 Å². The molecular formula is C20H43ClN2O2. The minimum atomic E-state index is -0.777. The van der Waals surface area contributed by atoms with Gasteiger partial charge in [-0.1, -0.05) is 78.1 Å². The maximum Gasteiger partial charge on any atom is 0.317 e. The number of carbonyl (C=O) groups is 1. The number of carboxylic acids is 1. The lowest BCUT2D eigenvalue weighted by molar-refractivity contribution is -0.136. The van der Waals surface area contributed by atoms with Crippen molar-refractivity contribution in [2.24, 2.45) is 0 Å². The molecule has 0 aromatic carbocycles. The van der Waals surface area contributed by atoms with Crippen LogP contribution in [0.3, 0.4) is 0 Å². The van der Waals surface area contributed by atoms with E-state index in [4.69, 9.17) is 5.11 Å². The summed E-state index contributed by atoms with van der Waals surface area (Å²) in [6.45, 7) is 8.79. The first-order valence-corrected chi connectivity index (χ1v) is 10.3. The highest BCUT2D eigenvalue weighted by Gasteiger charge is 2.13. The monoisotopic (exact) mass is 378 g/mol. The van der Waals surface area contributed by atoms with Gasteiger partial charge in [-0.3, -0.25) is 15.0 Å². The summed E-state index contributed by atoms with van der Waals surface area (Å²) in [5.41, 5.74) is 0. The van der Waals surface area contributed by atoms with E-state index in [0.29, 0.717) is 0 Å². The topological polar surface area (TPSA) is 52.6 Å². The average molecular weight is 379 g/mol. The van der Waals surface area contributed by atoms with Crippen LogP contribution >= 0.6 is 12.4 Å². The summed E-state index contributed by atoms with van der Waals surface area (Å²) in [6, 6.07) is 0. The predicted molar refractivity (Wildman–Crippen MR) is 111 cm³/mol. The van der Waals surface area contributed by atoms with Crippen LogP contribution < -0.4 is 5.32 Å². The summed E-state index contributed by atoms with van der Waals surface area (Å²) in [7, 11) is 0. The van der Waals surface area contributed by atoms with E-state index < -0.39 is 5.97 Å². The van der Waals surface area contributed by atoms with Crippen LogP contribution in [0.5, 0.6) is 0 Å². The van der Waals surface area contributed by atoms with Crippen LogP contribution in [0, 0.1) is 0 Å². The maximum atomic E-state index is 10.8. The second-order valence-corrected chi connectivity index (χ2v) is 7.02. The molecule has 4 nitrogen and oxygen atoms in total. The average Bonchev–Trinajstić information content (AvgIpc) is 2.56. The molecule has 0 rings (SSSR count). The third kappa shape index (κ3) is 18.3. The van der Waals surface area contributed by atoms with Gasteiger partial charge in [0.1, 0.15) is 0 Å². The second-order valence-electron chi connectivity index (χ2n) is 7.02. The van der Waals surface area contributed by atoms with Crippen molar-refractivity contribution < 1.29 is 9.90 Å². The summed E-state index contributed by atoms with van der Waals surface area (Å²) < 4.78 is 0. The molecule has 0 spiro atoms. The van der Waals surface area contributed by atoms with E-state index in [9.17, 15) is 4.79 Å². The number of aliphatic carboxylic acids is 1. The van der Waals surface area contributed by atoms with Gasteiger partial charge in [-0.15, -0.1) is 12.4 Å². The molecule has 0 aliphatic rings. The first kappa shape index (κ1) is 26.9. The Balaban J connectivity index is 0. The minimum absolute atomic E-state index is 0. The van der Waals surface area contributed by atoms with E-state index in [-0.39, 0.29) is 25.1 Å². The van der Waals surface area contributed by atoms with E-state index in [2.05, 4.69) is 31.0 Å². The fraction of sp³-hybridized carbons (Fsp3) is 0.950. The van der Waals surface area contributed by atoms with E-state index in [0.717, 1.165) is 13.1 Å². The Labute approximate surface area is 162 Å². The molecule has 0 saturated carbocycles. The summed E-state index contributed by atoms with van der Waals surface area (Å²) >= 11 is 0. The van der Waals surface area contributed by atoms with Gasteiger partial charge in [-0.25, -0.2) is 0 Å². The number of halogens is 1. The predicted octanol–water partition coefficient (Wildman–Crippen LogP) is 5.45. The van der Waals surface area contributed by atoms with Crippen LogP contribution in [0.15, 0.2) is 0 Å².